The summed E-state index contributed by atoms with van der Waals surface area (Å²) in [6.45, 7) is 0.140. The molecule has 0 aliphatic heterocycles. The van der Waals surface area contributed by atoms with Crippen molar-refractivity contribution in [1.29, 1.82) is 0 Å². The minimum atomic E-state index is -0.889. The molecule has 144 valence electrons. The van der Waals surface area contributed by atoms with Crippen molar-refractivity contribution in [2.45, 2.75) is 12.3 Å². The molecule has 1 aromatic heterocycles. The number of nitrogens with zero attached hydrogens (tertiary/aromatic N) is 1. The van der Waals surface area contributed by atoms with E-state index >= 15 is 0 Å². The van der Waals surface area contributed by atoms with Crippen molar-refractivity contribution in [2.24, 2.45) is 11.7 Å². The minimum absolute atomic E-state index is 0.0557. The lowest BCUT2D eigenvalue weighted by Gasteiger charge is -2.11. The van der Waals surface area contributed by atoms with Crippen molar-refractivity contribution >= 4 is 6.03 Å². The molecule has 0 unspecified atom stereocenters. The highest BCUT2D eigenvalue weighted by Gasteiger charge is 2.43. The molecule has 5 nitrogen and oxygen atoms in total. The molecule has 0 spiro atoms. The number of hydrogen-bond acceptors (Lipinski definition) is 3. The third-order valence-corrected chi connectivity index (χ3v) is 5.03. The van der Waals surface area contributed by atoms with Crippen molar-refractivity contribution in [3.63, 3.8) is 0 Å². The maximum absolute atomic E-state index is 14.1. The number of furan rings is 1. The van der Waals surface area contributed by atoms with Crippen LogP contribution in [0.15, 0.2) is 59.2 Å². The molecule has 2 aromatic carbocycles. The van der Waals surface area contributed by atoms with E-state index in [1.54, 1.807) is 18.4 Å². The van der Waals surface area contributed by atoms with Gasteiger partial charge in [-0.25, -0.2) is 18.6 Å². The summed E-state index contributed by atoms with van der Waals surface area (Å²) >= 11 is 0. The van der Waals surface area contributed by atoms with E-state index in [2.05, 4.69) is 0 Å². The van der Waals surface area contributed by atoms with Gasteiger partial charge in [-0.3, -0.25) is 5.21 Å². The van der Waals surface area contributed by atoms with Gasteiger partial charge in [0.15, 0.2) is 0 Å². The van der Waals surface area contributed by atoms with Crippen LogP contribution in [0.4, 0.5) is 13.6 Å². The SMILES string of the molecule is NC(=O)N(O)C[C@@H]1C[C@H]1c1occc1-c1cccc(-c2ccc(F)cc2F)c1. The van der Waals surface area contributed by atoms with E-state index in [-0.39, 0.29) is 18.4 Å². The Morgan fingerprint density at radius 1 is 1.14 bits per heavy atom. The summed E-state index contributed by atoms with van der Waals surface area (Å²) in [5, 5.41) is 10.0. The molecule has 1 saturated carbocycles. The zero-order chi connectivity index (χ0) is 19.8. The fraction of sp³-hybridized carbons (Fsp3) is 0.190. The van der Waals surface area contributed by atoms with E-state index < -0.39 is 17.7 Å². The largest absolute Gasteiger partial charge is 0.468 e. The molecular weight excluding hydrogens is 366 g/mol. The van der Waals surface area contributed by atoms with Gasteiger partial charge in [0.05, 0.1) is 12.8 Å². The van der Waals surface area contributed by atoms with Gasteiger partial charge in [-0.1, -0.05) is 18.2 Å². The number of urea groups is 1. The van der Waals surface area contributed by atoms with Crippen LogP contribution in [-0.4, -0.2) is 22.8 Å². The smallest absolute Gasteiger partial charge is 0.338 e. The minimum Gasteiger partial charge on any atom is -0.468 e. The second kappa shape index (κ2) is 7.09. The van der Waals surface area contributed by atoms with Gasteiger partial charge < -0.3 is 10.2 Å². The molecular formula is C21H18F2N2O3. The van der Waals surface area contributed by atoms with Crippen LogP contribution in [0, 0.1) is 17.6 Å². The normalized spacial score (nSPS) is 18.1. The number of amides is 2. The van der Waals surface area contributed by atoms with Crippen LogP contribution in [0.2, 0.25) is 0 Å². The maximum Gasteiger partial charge on any atom is 0.338 e. The van der Waals surface area contributed by atoms with Gasteiger partial charge in [-0.05, 0) is 47.7 Å². The third kappa shape index (κ3) is 3.48. The molecule has 1 heterocycles. The summed E-state index contributed by atoms with van der Waals surface area (Å²) in [6, 6.07) is 11.7. The van der Waals surface area contributed by atoms with Crippen LogP contribution in [0.5, 0.6) is 0 Å². The molecule has 7 heteroatoms. The Balaban J connectivity index is 1.60. The molecule has 0 saturated heterocycles. The number of benzene rings is 2. The first-order valence-electron chi connectivity index (χ1n) is 8.83. The average molecular weight is 384 g/mol. The summed E-state index contributed by atoms with van der Waals surface area (Å²) in [7, 11) is 0. The Labute approximate surface area is 159 Å². The molecule has 0 radical (unpaired) electrons. The van der Waals surface area contributed by atoms with E-state index in [0.717, 1.165) is 29.4 Å². The summed E-state index contributed by atoms with van der Waals surface area (Å²) in [6.07, 6.45) is 2.34. The molecule has 2 atom stereocenters. The molecule has 1 fully saturated rings. The zero-order valence-electron chi connectivity index (χ0n) is 14.8. The van der Waals surface area contributed by atoms with Crippen molar-refractivity contribution in [1.82, 2.24) is 5.06 Å². The van der Waals surface area contributed by atoms with Crippen LogP contribution < -0.4 is 5.73 Å². The number of primary amides is 1. The lowest BCUT2D eigenvalue weighted by molar-refractivity contribution is -0.0432. The number of nitrogens with two attached hydrogens (primary N) is 1. The number of carbonyl (C=O) groups excluding carboxylic acids is 1. The van der Waals surface area contributed by atoms with E-state index in [9.17, 15) is 18.8 Å². The van der Waals surface area contributed by atoms with Crippen LogP contribution >= 0.6 is 0 Å². The zero-order valence-corrected chi connectivity index (χ0v) is 14.8. The van der Waals surface area contributed by atoms with Gasteiger partial charge >= 0.3 is 6.03 Å². The Hall–Kier alpha value is -3.19. The lowest BCUT2D eigenvalue weighted by Crippen LogP contribution is -2.34. The highest BCUT2D eigenvalue weighted by atomic mass is 19.1. The summed E-state index contributed by atoms with van der Waals surface area (Å²) in [5.74, 6) is -0.380. The van der Waals surface area contributed by atoms with Gasteiger partial charge in [0.25, 0.3) is 0 Å². The molecule has 4 rings (SSSR count). The molecule has 2 amide bonds. The Morgan fingerprint density at radius 3 is 2.61 bits per heavy atom. The lowest BCUT2D eigenvalue weighted by atomic mass is 9.98. The first-order chi connectivity index (χ1) is 13.4. The summed E-state index contributed by atoms with van der Waals surface area (Å²) in [5.41, 5.74) is 7.69. The van der Waals surface area contributed by atoms with Crippen molar-refractivity contribution in [3.8, 4) is 22.3 Å². The average Bonchev–Trinajstić information content (AvgIpc) is 3.24. The molecule has 1 aliphatic rings. The fourth-order valence-corrected chi connectivity index (χ4v) is 3.51. The van der Waals surface area contributed by atoms with Gasteiger partial charge in [-0.15, -0.1) is 0 Å². The van der Waals surface area contributed by atoms with Crippen molar-refractivity contribution in [3.05, 3.63) is 72.2 Å². The van der Waals surface area contributed by atoms with Crippen LogP contribution in [0.1, 0.15) is 18.1 Å². The number of hydroxylamine groups is 2. The summed E-state index contributed by atoms with van der Waals surface area (Å²) in [4.78, 5) is 11.0. The van der Waals surface area contributed by atoms with Crippen LogP contribution in [-0.2, 0) is 0 Å². The van der Waals surface area contributed by atoms with E-state index in [1.807, 2.05) is 18.2 Å². The third-order valence-electron chi connectivity index (χ3n) is 5.03. The standard InChI is InChI=1S/C21H18F2N2O3/c22-15-4-5-16(19(23)10-15)12-2-1-3-13(8-12)17-6-7-28-20(17)18-9-14(18)11-25(27)21(24)26/h1-8,10,14,18,27H,9,11H2,(H2,24,26)/t14-,18+/m0/s1. The highest BCUT2D eigenvalue weighted by molar-refractivity contribution is 5.75. The van der Waals surface area contributed by atoms with Gasteiger partial charge in [0.2, 0.25) is 0 Å². The second-order valence-electron chi connectivity index (χ2n) is 6.93. The monoisotopic (exact) mass is 384 g/mol. The molecule has 28 heavy (non-hydrogen) atoms. The molecule has 1 aliphatic carbocycles. The second-order valence-corrected chi connectivity index (χ2v) is 6.93. The Morgan fingerprint density at radius 2 is 1.89 bits per heavy atom. The van der Waals surface area contributed by atoms with Gasteiger partial charge in [0, 0.05) is 23.1 Å². The van der Waals surface area contributed by atoms with Gasteiger partial charge in [0.1, 0.15) is 17.4 Å². The Bertz CT molecular complexity index is 1030. The van der Waals surface area contributed by atoms with Crippen molar-refractivity contribution in [2.75, 3.05) is 6.54 Å². The number of halogens is 2. The number of carbonyl (C=O) groups is 1. The topological polar surface area (TPSA) is 79.7 Å². The number of hydrogen-bond donors (Lipinski definition) is 2. The van der Waals surface area contributed by atoms with Crippen molar-refractivity contribution < 1.29 is 23.2 Å². The van der Waals surface area contributed by atoms with E-state index in [4.69, 9.17) is 10.2 Å². The quantitative estimate of drug-likeness (QED) is 0.491. The van der Waals surface area contributed by atoms with E-state index in [0.29, 0.717) is 16.2 Å². The highest BCUT2D eigenvalue weighted by Crippen LogP contribution is 2.51. The molecule has 3 aromatic rings. The Kier molecular flexibility index (Phi) is 4.60. The maximum atomic E-state index is 14.1. The molecule has 3 N–H and O–H groups in total. The predicted molar refractivity (Wildman–Crippen MR) is 98.4 cm³/mol. The number of rotatable bonds is 5. The van der Waals surface area contributed by atoms with Crippen LogP contribution in [0.3, 0.4) is 0 Å². The fourth-order valence-electron chi connectivity index (χ4n) is 3.51. The van der Waals surface area contributed by atoms with Crippen LogP contribution in [0.25, 0.3) is 22.3 Å². The predicted octanol–water partition coefficient (Wildman–Crippen LogP) is 4.77. The molecule has 0 bridgehead atoms. The first kappa shape index (κ1) is 18.2. The summed E-state index contributed by atoms with van der Waals surface area (Å²) < 4.78 is 33.0. The first-order valence-corrected chi connectivity index (χ1v) is 8.83. The van der Waals surface area contributed by atoms with Gasteiger partial charge in [-0.2, -0.15) is 0 Å². The van der Waals surface area contributed by atoms with E-state index in [1.165, 1.54) is 12.1 Å².